The van der Waals surface area contributed by atoms with Crippen LogP contribution in [0, 0.1) is 0 Å². The first-order valence-electron chi connectivity index (χ1n) is 6.48. The molecule has 20 heavy (non-hydrogen) atoms. The number of methoxy groups -OCH3 is 2. The summed E-state index contributed by atoms with van der Waals surface area (Å²) < 4.78 is 10.3. The Kier molecular flexibility index (Phi) is 6.61. The van der Waals surface area contributed by atoms with Gasteiger partial charge in [-0.1, -0.05) is 0 Å². The normalized spacial score (nSPS) is 17.2. The number of amides is 1. The molecule has 0 aliphatic carbocycles. The summed E-state index contributed by atoms with van der Waals surface area (Å²) in [5, 5.41) is 6.28. The standard InChI is InChI=1S/C14H20N2O3.ClH/c1-18-12-6-5-10(8-13(12)19-2)14(17)16-9-11-4-3-7-15-11;/h5-6,8,11,15H,3-4,7,9H2,1-2H3,(H,16,17);1H. The Balaban J connectivity index is 0.00000200. The van der Waals surface area contributed by atoms with E-state index < -0.39 is 0 Å². The molecule has 1 aromatic rings. The highest BCUT2D eigenvalue weighted by Gasteiger charge is 2.16. The van der Waals surface area contributed by atoms with Crippen molar-refractivity contribution in [3.63, 3.8) is 0 Å². The summed E-state index contributed by atoms with van der Waals surface area (Å²) in [7, 11) is 3.13. The van der Waals surface area contributed by atoms with E-state index in [4.69, 9.17) is 9.47 Å². The minimum atomic E-state index is -0.0883. The average molecular weight is 301 g/mol. The number of carbonyl (C=O) groups is 1. The number of hydrogen-bond acceptors (Lipinski definition) is 4. The lowest BCUT2D eigenvalue weighted by molar-refractivity contribution is 0.0950. The van der Waals surface area contributed by atoms with Gasteiger partial charge >= 0.3 is 0 Å². The molecule has 1 saturated heterocycles. The lowest BCUT2D eigenvalue weighted by atomic mass is 10.1. The Morgan fingerprint density at radius 1 is 1.35 bits per heavy atom. The van der Waals surface area contributed by atoms with Crippen molar-refractivity contribution in [2.75, 3.05) is 27.3 Å². The van der Waals surface area contributed by atoms with E-state index in [9.17, 15) is 4.79 Å². The summed E-state index contributed by atoms with van der Waals surface area (Å²) in [6, 6.07) is 5.56. The molecule has 1 heterocycles. The molecule has 1 unspecified atom stereocenters. The quantitative estimate of drug-likeness (QED) is 0.867. The minimum Gasteiger partial charge on any atom is -0.493 e. The third-order valence-electron chi connectivity index (χ3n) is 3.32. The van der Waals surface area contributed by atoms with Crippen LogP contribution in [0.2, 0.25) is 0 Å². The van der Waals surface area contributed by atoms with Gasteiger partial charge in [0.25, 0.3) is 5.91 Å². The molecular formula is C14H21ClN2O3. The van der Waals surface area contributed by atoms with Gasteiger partial charge in [-0.2, -0.15) is 0 Å². The highest BCUT2D eigenvalue weighted by Crippen LogP contribution is 2.27. The van der Waals surface area contributed by atoms with E-state index in [-0.39, 0.29) is 18.3 Å². The minimum absolute atomic E-state index is 0. The molecule has 0 spiro atoms. The summed E-state index contributed by atoms with van der Waals surface area (Å²) >= 11 is 0. The summed E-state index contributed by atoms with van der Waals surface area (Å²) in [4.78, 5) is 12.0. The van der Waals surface area contributed by atoms with Crippen LogP contribution in [-0.4, -0.2) is 39.3 Å². The fourth-order valence-electron chi connectivity index (χ4n) is 2.23. The molecule has 1 fully saturated rings. The fourth-order valence-corrected chi connectivity index (χ4v) is 2.23. The number of halogens is 1. The largest absolute Gasteiger partial charge is 0.493 e. The molecule has 2 rings (SSSR count). The van der Waals surface area contributed by atoms with Crippen LogP contribution in [0.1, 0.15) is 23.2 Å². The van der Waals surface area contributed by atoms with Crippen LogP contribution in [0.5, 0.6) is 11.5 Å². The smallest absolute Gasteiger partial charge is 0.251 e. The molecule has 0 saturated carbocycles. The number of hydrogen-bond donors (Lipinski definition) is 2. The van der Waals surface area contributed by atoms with E-state index in [2.05, 4.69) is 10.6 Å². The highest BCUT2D eigenvalue weighted by atomic mass is 35.5. The molecule has 1 amide bonds. The van der Waals surface area contributed by atoms with Crippen LogP contribution in [0.15, 0.2) is 18.2 Å². The Hall–Kier alpha value is -1.46. The van der Waals surface area contributed by atoms with Crippen molar-refractivity contribution in [1.29, 1.82) is 0 Å². The molecule has 0 radical (unpaired) electrons. The molecular weight excluding hydrogens is 280 g/mol. The highest BCUT2D eigenvalue weighted by molar-refractivity contribution is 5.94. The van der Waals surface area contributed by atoms with E-state index in [1.165, 1.54) is 6.42 Å². The first-order chi connectivity index (χ1) is 9.24. The molecule has 0 aromatic heterocycles. The molecule has 1 atom stereocenters. The van der Waals surface area contributed by atoms with Gasteiger partial charge in [0.1, 0.15) is 0 Å². The predicted octanol–water partition coefficient (Wildman–Crippen LogP) is 1.61. The zero-order chi connectivity index (χ0) is 13.7. The monoisotopic (exact) mass is 300 g/mol. The average Bonchev–Trinajstić information content (AvgIpc) is 2.97. The molecule has 0 bridgehead atoms. The first-order valence-corrected chi connectivity index (χ1v) is 6.48. The maximum Gasteiger partial charge on any atom is 0.251 e. The predicted molar refractivity (Wildman–Crippen MR) is 80.2 cm³/mol. The van der Waals surface area contributed by atoms with E-state index >= 15 is 0 Å². The Labute approximate surface area is 125 Å². The van der Waals surface area contributed by atoms with E-state index in [0.29, 0.717) is 29.6 Å². The van der Waals surface area contributed by atoms with Crippen LogP contribution in [0.4, 0.5) is 0 Å². The number of carbonyl (C=O) groups excluding carboxylic acids is 1. The van der Waals surface area contributed by atoms with E-state index in [1.807, 2.05) is 0 Å². The van der Waals surface area contributed by atoms with E-state index in [1.54, 1.807) is 32.4 Å². The van der Waals surface area contributed by atoms with Crippen LogP contribution >= 0.6 is 12.4 Å². The van der Waals surface area contributed by atoms with Crippen LogP contribution in [0.25, 0.3) is 0 Å². The Morgan fingerprint density at radius 3 is 2.70 bits per heavy atom. The maximum atomic E-state index is 12.0. The second kappa shape index (κ2) is 7.97. The molecule has 1 aromatic carbocycles. The Morgan fingerprint density at radius 2 is 2.10 bits per heavy atom. The van der Waals surface area contributed by atoms with E-state index in [0.717, 1.165) is 13.0 Å². The second-order valence-electron chi connectivity index (χ2n) is 4.57. The zero-order valence-corrected chi connectivity index (χ0v) is 12.6. The number of rotatable bonds is 5. The zero-order valence-electron chi connectivity index (χ0n) is 11.8. The van der Waals surface area contributed by atoms with Gasteiger partial charge in [-0.25, -0.2) is 0 Å². The summed E-state index contributed by atoms with van der Waals surface area (Å²) in [6.45, 7) is 1.70. The first kappa shape index (κ1) is 16.6. The van der Waals surface area contributed by atoms with Gasteiger partial charge in [0.15, 0.2) is 11.5 Å². The van der Waals surface area contributed by atoms with Gasteiger partial charge in [0, 0.05) is 18.2 Å². The maximum absolute atomic E-state index is 12.0. The third-order valence-corrected chi connectivity index (χ3v) is 3.32. The number of nitrogens with one attached hydrogen (secondary N) is 2. The number of benzene rings is 1. The van der Waals surface area contributed by atoms with Gasteiger partial charge < -0.3 is 20.1 Å². The van der Waals surface area contributed by atoms with Crippen molar-refractivity contribution in [2.45, 2.75) is 18.9 Å². The Bertz CT molecular complexity index is 448. The molecule has 112 valence electrons. The summed E-state index contributed by atoms with van der Waals surface area (Å²) in [6.07, 6.45) is 2.29. The molecule has 1 aliphatic rings. The van der Waals surface area contributed by atoms with Gasteiger partial charge in [-0.3, -0.25) is 4.79 Å². The van der Waals surface area contributed by atoms with Gasteiger partial charge in [0.05, 0.1) is 14.2 Å². The fraction of sp³-hybridized carbons (Fsp3) is 0.500. The lowest BCUT2D eigenvalue weighted by Gasteiger charge is -2.13. The molecule has 5 nitrogen and oxygen atoms in total. The van der Waals surface area contributed by atoms with Crippen molar-refractivity contribution in [2.24, 2.45) is 0 Å². The van der Waals surface area contributed by atoms with Crippen LogP contribution in [0.3, 0.4) is 0 Å². The van der Waals surface area contributed by atoms with Crippen LogP contribution in [-0.2, 0) is 0 Å². The SMILES string of the molecule is COc1ccc(C(=O)NCC2CCCN2)cc1OC.Cl. The number of ether oxygens (including phenoxy) is 2. The molecule has 1 aliphatic heterocycles. The van der Waals surface area contributed by atoms with Crippen molar-refractivity contribution in [3.05, 3.63) is 23.8 Å². The lowest BCUT2D eigenvalue weighted by Crippen LogP contribution is -2.37. The summed E-state index contributed by atoms with van der Waals surface area (Å²) in [5.41, 5.74) is 0.579. The second-order valence-corrected chi connectivity index (χ2v) is 4.57. The summed E-state index contributed by atoms with van der Waals surface area (Å²) in [5.74, 6) is 1.10. The third kappa shape index (κ3) is 4.02. The van der Waals surface area contributed by atoms with Crippen molar-refractivity contribution in [3.8, 4) is 11.5 Å². The molecule has 2 N–H and O–H groups in total. The van der Waals surface area contributed by atoms with Crippen molar-refractivity contribution >= 4 is 18.3 Å². The van der Waals surface area contributed by atoms with Crippen molar-refractivity contribution in [1.82, 2.24) is 10.6 Å². The van der Waals surface area contributed by atoms with Gasteiger partial charge in [0.2, 0.25) is 0 Å². The van der Waals surface area contributed by atoms with Crippen molar-refractivity contribution < 1.29 is 14.3 Å². The van der Waals surface area contributed by atoms with Gasteiger partial charge in [-0.15, -0.1) is 12.4 Å². The topological polar surface area (TPSA) is 59.6 Å². The molecule has 6 heteroatoms. The van der Waals surface area contributed by atoms with Crippen LogP contribution < -0.4 is 20.1 Å². The van der Waals surface area contributed by atoms with Gasteiger partial charge in [-0.05, 0) is 37.6 Å².